The molecule has 0 heterocycles. The lowest BCUT2D eigenvalue weighted by Crippen LogP contribution is -2.38. The van der Waals surface area contributed by atoms with E-state index in [0.717, 1.165) is 11.4 Å². The zero-order valence-corrected chi connectivity index (χ0v) is 15.1. The SMILES string of the molecule is CCN(CCN=C(N)Nc1cccc(OC)c1)C(=O)OC(C)(C)C. The zero-order valence-electron chi connectivity index (χ0n) is 15.1. The van der Waals surface area contributed by atoms with Crippen LogP contribution < -0.4 is 15.8 Å². The van der Waals surface area contributed by atoms with Crippen LogP contribution in [0.3, 0.4) is 0 Å². The van der Waals surface area contributed by atoms with E-state index < -0.39 is 5.60 Å². The summed E-state index contributed by atoms with van der Waals surface area (Å²) in [7, 11) is 1.60. The van der Waals surface area contributed by atoms with Gasteiger partial charge in [0, 0.05) is 24.8 Å². The molecule has 0 aromatic heterocycles. The Balaban J connectivity index is 2.53. The van der Waals surface area contributed by atoms with Gasteiger partial charge in [-0.15, -0.1) is 0 Å². The molecule has 0 aliphatic heterocycles. The van der Waals surface area contributed by atoms with Crippen molar-refractivity contribution < 1.29 is 14.3 Å². The van der Waals surface area contributed by atoms with Gasteiger partial charge in [-0.1, -0.05) is 6.07 Å². The molecule has 0 radical (unpaired) electrons. The van der Waals surface area contributed by atoms with Gasteiger partial charge in [0.15, 0.2) is 5.96 Å². The van der Waals surface area contributed by atoms with Crippen molar-refractivity contribution >= 4 is 17.7 Å². The van der Waals surface area contributed by atoms with E-state index in [1.807, 2.05) is 52.0 Å². The second kappa shape index (κ2) is 9.00. The van der Waals surface area contributed by atoms with Gasteiger partial charge in [0.1, 0.15) is 11.4 Å². The molecule has 0 saturated heterocycles. The molecule has 1 aromatic rings. The van der Waals surface area contributed by atoms with Gasteiger partial charge in [0.25, 0.3) is 0 Å². The van der Waals surface area contributed by atoms with Crippen molar-refractivity contribution in [3.8, 4) is 5.75 Å². The van der Waals surface area contributed by atoms with Gasteiger partial charge in [-0.3, -0.25) is 4.99 Å². The Hall–Kier alpha value is -2.44. The largest absolute Gasteiger partial charge is 0.497 e. The van der Waals surface area contributed by atoms with Gasteiger partial charge in [-0.2, -0.15) is 0 Å². The molecule has 0 saturated carbocycles. The van der Waals surface area contributed by atoms with Crippen LogP contribution in [0.2, 0.25) is 0 Å². The number of carbonyl (C=O) groups is 1. The van der Waals surface area contributed by atoms with Crippen molar-refractivity contribution in [2.75, 3.05) is 32.1 Å². The molecular formula is C17H28N4O3. The Morgan fingerprint density at radius 1 is 1.38 bits per heavy atom. The van der Waals surface area contributed by atoms with E-state index in [-0.39, 0.29) is 12.1 Å². The molecule has 0 atom stereocenters. The lowest BCUT2D eigenvalue weighted by atomic mass is 10.2. The summed E-state index contributed by atoms with van der Waals surface area (Å²) in [4.78, 5) is 17.8. The summed E-state index contributed by atoms with van der Waals surface area (Å²) in [5.74, 6) is 1.01. The summed E-state index contributed by atoms with van der Waals surface area (Å²) in [6.07, 6.45) is -0.348. The van der Waals surface area contributed by atoms with Crippen LogP contribution in [0, 0.1) is 0 Å². The minimum Gasteiger partial charge on any atom is -0.497 e. The van der Waals surface area contributed by atoms with Crippen LogP contribution in [0.1, 0.15) is 27.7 Å². The Labute approximate surface area is 143 Å². The summed E-state index contributed by atoms with van der Waals surface area (Å²) in [5, 5.41) is 2.99. The van der Waals surface area contributed by atoms with Crippen molar-refractivity contribution in [2.45, 2.75) is 33.3 Å². The highest BCUT2D eigenvalue weighted by Gasteiger charge is 2.20. The molecule has 7 heteroatoms. The number of rotatable bonds is 6. The number of likely N-dealkylation sites (N-methyl/N-ethyl adjacent to an activating group) is 1. The highest BCUT2D eigenvalue weighted by molar-refractivity contribution is 5.92. The van der Waals surface area contributed by atoms with Gasteiger partial charge in [0.2, 0.25) is 0 Å². The second-order valence-corrected chi connectivity index (χ2v) is 6.18. The summed E-state index contributed by atoms with van der Waals surface area (Å²) in [5.41, 5.74) is 6.14. The lowest BCUT2D eigenvalue weighted by molar-refractivity contribution is 0.0266. The van der Waals surface area contributed by atoms with Crippen LogP contribution in [0.5, 0.6) is 5.75 Å². The minimum absolute atomic E-state index is 0.281. The number of guanidine groups is 1. The number of nitrogens with one attached hydrogen (secondary N) is 1. The van der Waals surface area contributed by atoms with Gasteiger partial charge in [-0.25, -0.2) is 4.79 Å². The Bertz CT molecular complexity index is 567. The van der Waals surface area contributed by atoms with Crippen LogP contribution >= 0.6 is 0 Å². The van der Waals surface area contributed by atoms with Gasteiger partial charge in [0.05, 0.1) is 13.7 Å². The Kier molecular flexibility index (Phi) is 7.35. The molecule has 0 spiro atoms. The first-order chi connectivity index (χ1) is 11.2. The topological polar surface area (TPSA) is 89.2 Å². The van der Waals surface area contributed by atoms with Gasteiger partial charge in [-0.05, 0) is 39.8 Å². The molecule has 1 aromatic carbocycles. The number of amides is 1. The predicted molar refractivity (Wildman–Crippen MR) is 96.6 cm³/mol. The molecule has 7 nitrogen and oxygen atoms in total. The molecule has 3 N–H and O–H groups in total. The molecule has 1 amide bonds. The third-order valence-corrected chi connectivity index (χ3v) is 3.03. The monoisotopic (exact) mass is 336 g/mol. The number of nitrogens with two attached hydrogens (primary N) is 1. The van der Waals surface area contributed by atoms with Gasteiger partial charge >= 0.3 is 6.09 Å². The third-order valence-electron chi connectivity index (χ3n) is 3.03. The third kappa shape index (κ3) is 7.21. The summed E-state index contributed by atoms with van der Waals surface area (Å²) >= 11 is 0. The number of hydrogen-bond donors (Lipinski definition) is 2. The van der Waals surface area contributed by atoms with E-state index in [2.05, 4.69) is 10.3 Å². The van der Waals surface area contributed by atoms with Crippen LogP contribution in [0.25, 0.3) is 0 Å². The maximum atomic E-state index is 12.0. The fourth-order valence-electron chi connectivity index (χ4n) is 1.88. The molecule has 0 bridgehead atoms. The van der Waals surface area contributed by atoms with Crippen LogP contribution in [-0.2, 0) is 4.74 Å². The van der Waals surface area contributed by atoms with Crippen molar-refractivity contribution in [2.24, 2.45) is 10.7 Å². The molecule has 24 heavy (non-hydrogen) atoms. The lowest BCUT2D eigenvalue weighted by Gasteiger charge is -2.26. The normalized spacial score (nSPS) is 11.8. The van der Waals surface area contributed by atoms with E-state index in [1.165, 1.54) is 0 Å². The fourth-order valence-corrected chi connectivity index (χ4v) is 1.88. The fraction of sp³-hybridized carbons (Fsp3) is 0.529. The maximum Gasteiger partial charge on any atom is 0.410 e. The highest BCUT2D eigenvalue weighted by Crippen LogP contribution is 2.16. The van der Waals surface area contributed by atoms with Crippen LogP contribution in [-0.4, -0.2) is 49.3 Å². The average Bonchev–Trinajstić information content (AvgIpc) is 2.50. The van der Waals surface area contributed by atoms with Crippen molar-refractivity contribution in [3.05, 3.63) is 24.3 Å². The van der Waals surface area contributed by atoms with Crippen LogP contribution in [0.15, 0.2) is 29.3 Å². The molecule has 0 unspecified atom stereocenters. The van der Waals surface area contributed by atoms with Crippen LogP contribution in [0.4, 0.5) is 10.5 Å². The van der Waals surface area contributed by atoms with E-state index >= 15 is 0 Å². The predicted octanol–water partition coefficient (Wildman–Crippen LogP) is 2.68. The summed E-state index contributed by atoms with van der Waals surface area (Å²) in [6, 6.07) is 7.39. The first-order valence-electron chi connectivity index (χ1n) is 7.94. The standard InChI is InChI=1S/C17H28N4O3/c1-6-21(16(22)24-17(2,3)4)11-10-19-15(18)20-13-8-7-9-14(12-13)23-5/h7-9,12H,6,10-11H2,1-5H3,(H3,18,19,20). The van der Waals surface area contributed by atoms with Crippen molar-refractivity contribution in [3.63, 3.8) is 0 Å². The van der Waals surface area contributed by atoms with Gasteiger partial charge < -0.3 is 25.4 Å². The van der Waals surface area contributed by atoms with E-state index in [4.69, 9.17) is 15.2 Å². The van der Waals surface area contributed by atoms with Crippen molar-refractivity contribution in [1.82, 2.24) is 4.90 Å². The molecule has 134 valence electrons. The number of methoxy groups -OCH3 is 1. The number of nitrogens with zero attached hydrogens (tertiary/aromatic N) is 2. The molecule has 0 aliphatic carbocycles. The van der Waals surface area contributed by atoms with E-state index in [0.29, 0.717) is 19.6 Å². The summed E-state index contributed by atoms with van der Waals surface area (Å²) in [6.45, 7) is 8.79. The molecule has 0 aliphatic rings. The Morgan fingerprint density at radius 2 is 2.08 bits per heavy atom. The molecule has 0 fully saturated rings. The number of aliphatic imine (C=N–C) groups is 1. The number of benzene rings is 1. The average molecular weight is 336 g/mol. The van der Waals surface area contributed by atoms with E-state index in [1.54, 1.807) is 12.0 Å². The quantitative estimate of drug-likeness (QED) is 0.616. The summed E-state index contributed by atoms with van der Waals surface area (Å²) < 4.78 is 10.5. The maximum absolute atomic E-state index is 12.0. The minimum atomic E-state index is -0.513. The first kappa shape index (κ1) is 19.6. The number of hydrogen-bond acceptors (Lipinski definition) is 4. The zero-order chi connectivity index (χ0) is 18.2. The number of anilines is 1. The second-order valence-electron chi connectivity index (χ2n) is 6.18. The first-order valence-corrected chi connectivity index (χ1v) is 7.94. The number of ether oxygens (including phenoxy) is 2. The van der Waals surface area contributed by atoms with Crippen molar-refractivity contribution in [1.29, 1.82) is 0 Å². The molecular weight excluding hydrogens is 308 g/mol. The number of carbonyl (C=O) groups excluding carboxylic acids is 1. The van der Waals surface area contributed by atoms with E-state index in [9.17, 15) is 4.79 Å². The highest BCUT2D eigenvalue weighted by atomic mass is 16.6. The Morgan fingerprint density at radius 3 is 2.67 bits per heavy atom. The molecule has 1 rings (SSSR count). The smallest absolute Gasteiger partial charge is 0.410 e.